The Balaban J connectivity index is 0.00000225. The molecule has 1 unspecified atom stereocenters. The van der Waals surface area contributed by atoms with Gasteiger partial charge in [0.05, 0.1) is 13.7 Å². The van der Waals surface area contributed by atoms with E-state index in [1.807, 2.05) is 42.5 Å². The number of hydrogen-bond donors (Lipinski definition) is 1. The monoisotopic (exact) mass is 420 g/mol. The molecular formula is C20H22Cl2N4O2. The number of hydrogen-bond acceptors (Lipinski definition) is 6. The van der Waals surface area contributed by atoms with Gasteiger partial charge in [-0.05, 0) is 42.0 Å². The summed E-state index contributed by atoms with van der Waals surface area (Å²) in [5, 5.41) is 8.32. The highest BCUT2D eigenvalue weighted by Gasteiger charge is 2.25. The average Bonchev–Trinajstić information content (AvgIpc) is 3.17. The molecule has 1 aromatic heterocycles. The standard InChI is InChI=1S/C20H21ClN4O2.ClH/c1-26-17-7-5-14(6-8-17)20-23-19(27-24-20)13-25-10-9-22-12-18(25)15-3-2-4-16(21)11-15;/h2-8,11,18,22H,9-10,12-13H2,1H3;1H. The molecule has 1 saturated heterocycles. The molecule has 6 nitrogen and oxygen atoms in total. The van der Waals surface area contributed by atoms with Crippen molar-refractivity contribution in [1.82, 2.24) is 20.4 Å². The number of methoxy groups -OCH3 is 1. The van der Waals surface area contributed by atoms with E-state index in [1.54, 1.807) is 7.11 Å². The Morgan fingerprint density at radius 3 is 2.82 bits per heavy atom. The fourth-order valence-electron chi connectivity index (χ4n) is 3.33. The lowest BCUT2D eigenvalue weighted by Gasteiger charge is -2.35. The first kappa shape index (κ1) is 20.6. The number of benzene rings is 2. The summed E-state index contributed by atoms with van der Waals surface area (Å²) in [5.74, 6) is 1.99. The molecule has 2 heterocycles. The van der Waals surface area contributed by atoms with Crippen LogP contribution in [0, 0.1) is 0 Å². The summed E-state index contributed by atoms with van der Waals surface area (Å²) in [7, 11) is 1.64. The van der Waals surface area contributed by atoms with Crippen LogP contribution in [-0.4, -0.2) is 41.8 Å². The smallest absolute Gasteiger partial charge is 0.241 e. The van der Waals surface area contributed by atoms with Gasteiger partial charge in [-0.25, -0.2) is 0 Å². The molecular weight excluding hydrogens is 399 g/mol. The van der Waals surface area contributed by atoms with Crippen molar-refractivity contribution in [2.24, 2.45) is 0 Å². The first-order valence-electron chi connectivity index (χ1n) is 8.90. The van der Waals surface area contributed by atoms with Crippen LogP contribution in [0.3, 0.4) is 0 Å². The molecule has 4 rings (SSSR count). The van der Waals surface area contributed by atoms with E-state index < -0.39 is 0 Å². The van der Waals surface area contributed by atoms with Crippen molar-refractivity contribution < 1.29 is 9.26 Å². The number of piperazine rings is 1. The number of nitrogens with zero attached hydrogens (tertiary/aromatic N) is 3. The Bertz CT molecular complexity index is 901. The highest BCUT2D eigenvalue weighted by atomic mass is 35.5. The Kier molecular flexibility index (Phi) is 6.91. The molecule has 1 N–H and O–H groups in total. The molecule has 1 fully saturated rings. The van der Waals surface area contributed by atoms with Crippen LogP contribution in [0.1, 0.15) is 17.5 Å². The van der Waals surface area contributed by atoms with E-state index >= 15 is 0 Å². The van der Waals surface area contributed by atoms with E-state index in [0.29, 0.717) is 18.3 Å². The molecule has 1 aliphatic rings. The zero-order valence-electron chi connectivity index (χ0n) is 15.5. The van der Waals surface area contributed by atoms with Gasteiger partial charge in [0.2, 0.25) is 11.7 Å². The summed E-state index contributed by atoms with van der Waals surface area (Å²) < 4.78 is 10.7. The second kappa shape index (κ2) is 9.39. The SMILES string of the molecule is COc1ccc(-c2noc(CN3CCNCC3c3cccc(Cl)c3)n2)cc1.Cl. The molecule has 148 valence electrons. The van der Waals surface area contributed by atoms with E-state index in [9.17, 15) is 0 Å². The van der Waals surface area contributed by atoms with Gasteiger partial charge in [0.25, 0.3) is 0 Å². The lowest BCUT2D eigenvalue weighted by Crippen LogP contribution is -2.45. The fourth-order valence-corrected chi connectivity index (χ4v) is 3.53. The van der Waals surface area contributed by atoms with Crippen molar-refractivity contribution in [2.75, 3.05) is 26.7 Å². The molecule has 0 aliphatic carbocycles. The van der Waals surface area contributed by atoms with Crippen molar-refractivity contribution in [3.05, 3.63) is 65.0 Å². The van der Waals surface area contributed by atoms with Crippen molar-refractivity contribution in [3.63, 3.8) is 0 Å². The van der Waals surface area contributed by atoms with E-state index in [-0.39, 0.29) is 18.4 Å². The third-order valence-corrected chi connectivity index (χ3v) is 4.98. The summed E-state index contributed by atoms with van der Waals surface area (Å²) in [6, 6.07) is 15.8. The lowest BCUT2D eigenvalue weighted by molar-refractivity contribution is 0.135. The number of halogens is 2. The van der Waals surface area contributed by atoms with Crippen LogP contribution < -0.4 is 10.1 Å². The molecule has 0 amide bonds. The minimum absolute atomic E-state index is 0. The van der Waals surface area contributed by atoms with Crippen LogP contribution in [0.4, 0.5) is 0 Å². The van der Waals surface area contributed by atoms with Gasteiger partial charge in [-0.1, -0.05) is 28.9 Å². The first-order chi connectivity index (χ1) is 13.2. The summed E-state index contributed by atoms with van der Waals surface area (Å²) in [6.45, 7) is 3.29. The molecule has 3 aromatic rings. The molecule has 1 atom stereocenters. The minimum atomic E-state index is 0. The Labute approximate surface area is 175 Å². The molecule has 8 heteroatoms. The number of nitrogens with one attached hydrogen (secondary N) is 1. The zero-order valence-corrected chi connectivity index (χ0v) is 17.0. The maximum absolute atomic E-state index is 6.18. The van der Waals surface area contributed by atoms with Gasteiger partial charge in [0, 0.05) is 36.3 Å². The minimum Gasteiger partial charge on any atom is -0.497 e. The molecule has 0 radical (unpaired) electrons. The second-order valence-electron chi connectivity index (χ2n) is 6.49. The number of rotatable bonds is 5. The van der Waals surface area contributed by atoms with Gasteiger partial charge in [0.1, 0.15) is 5.75 Å². The second-order valence-corrected chi connectivity index (χ2v) is 6.92. The van der Waals surface area contributed by atoms with Crippen molar-refractivity contribution in [3.8, 4) is 17.1 Å². The zero-order chi connectivity index (χ0) is 18.6. The van der Waals surface area contributed by atoms with Gasteiger partial charge in [-0.15, -0.1) is 12.4 Å². The summed E-state index contributed by atoms with van der Waals surface area (Å²) in [4.78, 5) is 6.91. The number of aromatic nitrogens is 2. The summed E-state index contributed by atoms with van der Waals surface area (Å²) in [5.41, 5.74) is 2.09. The highest BCUT2D eigenvalue weighted by molar-refractivity contribution is 6.30. The van der Waals surface area contributed by atoms with Crippen molar-refractivity contribution >= 4 is 24.0 Å². The summed E-state index contributed by atoms with van der Waals surface area (Å²) in [6.07, 6.45) is 0. The molecule has 0 saturated carbocycles. The van der Waals surface area contributed by atoms with Gasteiger partial charge in [0.15, 0.2) is 0 Å². The van der Waals surface area contributed by atoms with E-state index in [0.717, 1.165) is 36.0 Å². The van der Waals surface area contributed by atoms with Gasteiger partial charge < -0.3 is 14.6 Å². The van der Waals surface area contributed by atoms with E-state index in [1.165, 1.54) is 5.56 Å². The molecule has 1 aliphatic heterocycles. The van der Waals surface area contributed by atoms with Gasteiger partial charge in [-0.2, -0.15) is 4.98 Å². The molecule has 0 spiro atoms. The van der Waals surface area contributed by atoms with Crippen LogP contribution in [0.5, 0.6) is 5.75 Å². The number of ether oxygens (including phenoxy) is 1. The van der Waals surface area contributed by atoms with E-state index in [2.05, 4.69) is 26.4 Å². The third kappa shape index (κ3) is 4.64. The van der Waals surface area contributed by atoms with Gasteiger partial charge >= 0.3 is 0 Å². The topological polar surface area (TPSA) is 63.4 Å². The van der Waals surface area contributed by atoms with Crippen LogP contribution >= 0.6 is 24.0 Å². The maximum atomic E-state index is 6.18. The van der Waals surface area contributed by atoms with Crippen LogP contribution in [-0.2, 0) is 6.54 Å². The van der Waals surface area contributed by atoms with E-state index in [4.69, 9.17) is 20.9 Å². The Hall–Kier alpha value is -2.12. The molecule has 28 heavy (non-hydrogen) atoms. The average molecular weight is 421 g/mol. The summed E-state index contributed by atoms with van der Waals surface area (Å²) >= 11 is 6.18. The Morgan fingerprint density at radius 1 is 1.25 bits per heavy atom. The lowest BCUT2D eigenvalue weighted by atomic mass is 10.0. The predicted octanol–water partition coefficient (Wildman–Crippen LogP) is 3.97. The highest BCUT2D eigenvalue weighted by Crippen LogP contribution is 2.26. The van der Waals surface area contributed by atoms with Crippen LogP contribution in [0.25, 0.3) is 11.4 Å². The normalized spacial score (nSPS) is 17.1. The van der Waals surface area contributed by atoms with Crippen molar-refractivity contribution in [2.45, 2.75) is 12.6 Å². The largest absolute Gasteiger partial charge is 0.497 e. The maximum Gasteiger partial charge on any atom is 0.241 e. The quantitative estimate of drug-likeness (QED) is 0.673. The predicted molar refractivity (Wildman–Crippen MR) is 111 cm³/mol. The molecule has 2 aromatic carbocycles. The Morgan fingerprint density at radius 2 is 2.07 bits per heavy atom. The first-order valence-corrected chi connectivity index (χ1v) is 9.28. The molecule has 0 bridgehead atoms. The van der Waals surface area contributed by atoms with Crippen LogP contribution in [0.2, 0.25) is 5.02 Å². The van der Waals surface area contributed by atoms with Crippen LogP contribution in [0.15, 0.2) is 53.1 Å². The van der Waals surface area contributed by atoms with Crippen molar-refractivity contribution in [1.29, 1.82) is 0 Å². The van der Waals surface area contributed by atoms with Gasteiger partial charge in [-0.3, -0.25) is 4.90 Å². The third-order valence-electron chi connectivity index (χ3n) is 4.74. The fraction of sp³-hybridized carbons (Fsp3) is 0.300.